The minimum absolute atomic E-state index is 0.0649. The van der Waals surface area contributed by atoms with Crippen molar-refractivity contribution in [1.29, 1.82) is 0 Å². The summed E-state index contributed by atoms with van der Waals surface area (Å²) < 4.78 is 4.98. The fourth-order valence-electron chi connectivity index (χ4n) is 1.02. The summed E-state index contributed by atoms with van der Waals surface area (Å²) in [5.41, 5.74) is 0. The first-order valence-electron chi connectivity index (χ1n) is 4.82. The summed E-state index contributed by atoms with van der Waals surface area (Å²) in [7, 11) is 0. The predicted octanol–water partition coefficient (Wildman–Crippen LogP) is 1.73. The second kappa shape index (κ2) is 5.42. The van der Waals surface area contributed by atoms with Crippen LogP contribution >= 0.6 is 0 Å². The Kier molecular flexibility index (Phi) is 4.16. The van der Waals surface area contributed by atoms with Gasteiger partial charge in [0.05, 0.1) is 12.7 Å². The minimum Gasteiger partial charge on any atom is -0.447 e. The number of carbonyl (C=O) groups is 1. The molecule has 4 heteroatoms. The normalized spacial score (nSPS) is 10.5. The molecule has 4 nitrogen and oxygen atoms in total. The van der Waals surface area contributed by atoms with Crippen LogP contribution in [0.5, 0.6) is 0 Å². The van der Waals surface area contributed by atoms with Crippen molar-refractivity contribution in [1.82, 2.24) is 10.3 Å². The SMILES string of the molecule is CC(C)CCC(=O)NCc1cnco1. The molecule has 1 aromatic heterocycles. The zero-order valence-electron chi connectivity index (χ0n) is 8.62. The monoisotopic (exact) mass is 196 g/mol. The van der Waals surface area contributed by atoms with Crippen molar-refractivity contribution in [2.75, 3.05) is 0 Å². The Morgan fingerprint density at radius 2 is 2.43 bits per heavy atom. The molecular weight excluding hydrogens is 180 g/mol. The van der Waals surface area contributed by atoms with Gasteiger partial charge in [-0.2, -0.15) is 0 Å². The first-order chi connectivity index (χ1) is 6.68. The molecule has 0 unspecified atom stereocenters. The van der Waals surface area contributed by atoms with E-state index in [1.165, 1.54) is 6.39 Å². The summed E-state index contributed by atoms with van der Waals surface area (Å²) in [6.45, 7) is 4.63. The summed E-state index contributed by atoms with van der Waals surface area (Å²) in [4.78, 5) is 15.0. The van der Waals surface area contributed by atoms with Crippen molar-refractivity contribution in [3.63, 3.8) is 0 Å². The Balaban J connectivity index is 2.15. The number of carbonyl (C=O) groups excluding carboxylic acids is 1. The molecule has 0 saturated carbocycles. The summed E-state index contributed by atoms with van der Waals surface area (Å²) in [6, 6.07) is 0. The van der Waals surface area contributed by atoms with Crippen molar-refractivity contribution >= 4 is 5.91 Å². The van der Waals surface area contributed by atoms with Crippen LogP contribution in [0.1, 0.15) is 32.4 Å². The van der Waals surface area contributed by atoms with E-state index < -0.39 is 0 Å². The van der Waals surface area contributed by atoms with Crippen LogP contribution in [0.4, 0.5) is 0 Å². The van der Waals surface area contributed by atoms with E-state index in [1.54, 1.807) is 6.20 Å². The highest BCUT2D eigenvalue weighted by Gasteiger charge is 2.04. The van der Waals surface area contributed by atoms with Gasteiger partial charge >= 0.3 is 0 Å². The van der Waals surface area contributed by atoms with Crippen LogP contribution in [-0.4, -0.2) is 10.9 Å². The maximum atomic E-state index is 11.3. The van der Waals surface area contributed by atoms with E-state index in [4.69, 9.17) is 4.42 Å². The Morgan fingerprint density at radius 3 is 3.00 bits per heavy atom. The van der Waals surface area contributed by atoms with Gasteiger partial charge in [0.2, 0.25) is 5.91 Å². The van der Waals surface area contributed by atoms with Gasteiger partial charge in [0.15, 0.2) is 6.39 Å². The van der Waals surface area contributed by atoms with Gasteiger partial charge in [0.25, 0.3) is 0 Å². The summed E-state index contributed by atoms with van der Waals surface area (Å²) in [5.74, 6) is 1.31. The number of nitrogens with one attached hydrogen (secondary N) is 1. The van der Waals surface area contributed by atoms with Crippen LogP contribution in [0, 0.1) is 5.92 Å². The second-order valence-electron chi connectivity index (χ2n) is 3.68. The molecule has 1 aromatic rings. The Hall–Kier alpha value is -1.32. The Labute approximate surface area is 83.7 Å². The van der Waals surface area contributed by atoms with Crippen molar-refractivity contribution in [3.8, 4) is 0 Å². The lowest BCUT2D eigenvalue weighted by molar-refractivity contribution is -0.121. The van der Waals surface area contributed by atoms with Gasteiger partial charge in [0, 0.05) is 6.42 Å². The number of hydrogen-bond donors (Lipinski definition) is 1. The van der Waals surface area contributed by atoms with Crippen LogP contribution in [0.2, 0.25) is 0 Å². The van der Waals surface area contributed by atoms with Gasteiger partial charge in [-0.15, -0.1) is 0 Å². The maximum Gasteiger partial charge on any atom is 0.220 e. The molecule has 0 saturated heterocycles. The molecule has 1 N–H and O–H groups in total. The van der Waals surface area contributed by atoms with Crippen LogP contribution in [0.3, 0.4) is 0 Å². The lowest BCUT2D eigenvalue weighted by Crippen LogP contribution is -2.22. The van der Waals surface area contributed by atoms with Crippen molar-refractivity contribution in [2.45, 2.75) is 33.2 Å². The maximum absolute atomic E-state index is 11.3. The van der Waals surface area contributed by atoms with Crippen LogP contribution in [-0.2, 0) is 11.3 Å². The molecule has 0 bridgehead atoms. The van der Waals surface area contributed by atoms with Gasteiger partial charge in [-0.25, -0.2) is 4.98 Å². The van der Waals surface area contributed by atoms with Crippen molar-refractivity contribution < 1.29 is 9.21 Å². The number of rotatable bonds is 5. The van der Waals surface area contributed by atoms with Crippen molar-refractivity contribution in [2.24, 2.45) is 5.92 Å². The third-order valence-electron chi connectivity index (χ3n) is 1.89. The number of aromatic nitrogens is 1. The molecule has 0 radical (unpaired) electrons. The van der Waals surface area contributed by atoms with Crippen LogP contribution in [0.25, 0.3) is 0 Å². The lowest BCUT2D eigenvalue weighted by Gasteiger charge is -2.04. The molecule has 0 aliphatic rings. The molecule has 0 aliphatic carbocycles. The van der Waals surface area contributed by atoms with Crippen LogP contribution in [0.15, 0.2) is 17.0 Å². The van der Waals surface area contributed by atoms with Gasteiger partial charge in [-0.05, 0) is 12.3 Å². The molecule has 0 fully saturated rings. The number of nitrogens with zero attached hydrogens (tertiary/aromatic N) is 1. The first kappa shape index (κ1) is 10.8. The molecule has 0 aliphatic heterocycles. The Morgan fingerprint density at radius 1 is 1.64 bits per heavy atom. The Bertz CT molecular complexity index is 268. The van der Waals surface area contributed by atoms with Gasteiger partial charge in [-0.3, -0.25) is 4.79 Å². The average molecular weight is 196 g/mol. The molecule has 0 atom stereocenters. The van der Waals surface area contributed by atoms with E-state index in [9.17, 15) is 4.79 Å². The summed E-state index contributed by atoms with van der Waals surface area (Å²) in [6.07, 6.45) is 4.45. The molecule has 0 spiro atoms. The summed E-state index contributed by atoms with van der Waals surface area (Å²) in [5, 5.41) is 2.77. The van der Waals surface area contributed by atoms with E-state index in [-0.39, 0.29) is 5.91 Å². The molecule has 1 rings (SSSR count). The number of amides is 1. The van der Waals surface area contributed by atoms with Gasteiger partial charge in [0.1, 0.15) is 5.76 Å². The second-order valence-corrected chi connectivity index (χ2v) is 3.68. The zero-order valence-corrected chi connectivity index (χ0v) is 8.62. The summed E-state index contributed by atoms with van der Waals surface area (Å²) >= 11 is 0. The molecule has 1 amide bonds. The van der Waals surface area contributed by atoms with E-state index >= 15 is 0 Å². The highest BCUT2D eigenvalue weighted by atomic mass is 16.3. The largest absolute Gasteiger partial charge is 0.447 e. The molecule has 78 valence electrons. The highest BCUT2D eigenvalue weighted by molar-refractivity contribution is 5.75. The predicted molar refractivity (Wildman–Crippen MR) is 52.4 cm³/mol. The van der Waals surface area contributed by atoms with Crippen molar-refractivity contribution in [3.05, 3.63) is 18.4 Å². The first-order valence-corrected chi connectivity index (χ1v) is 4.82. The number of hydrogen-bond acceptors (Lipinski definition) is 3. The molecule has 1 heterocycles. The number of oxazole rings is 1. The molecule has 14 heavy (non-hydrogen) atoms. The smallest absolute Gasteiger partial charge is 0.220 e. The standard InChI is InChI=1S/C10H16N2O2/c1-8(2)3-4-10(13)12-6-9-5-11-7-14-9/h5,7-8H,3-4,6H2,1-2H3,(H,12,13). The van der Waals surface area contributed by atoms with E-state index in [0.29, 0.717) is 24.6 Å². The zero-order chi connectivity index (χ0) is 10.4. The quantitative estimate of drug-likeness (QED) is 0.780. The van der Waals surface area contributed by atoms with Crippen LogP contribution < -0.4 is 5.32 Å². The molecular formula is C10H16N2O2. The lowest BCUT2D eigenvalue weighted by atomic mass is 10.1. The van der Waals surface area contributed by atoms with E-state index in [2.05, 4.69) is 24.1 Å². The van der Waals surface area contributed by atoms with Gasteiger partial charge < -0.3 is 9.73 Å². The average Bonchev–Trinajstić information content (AvgIpc) is 2.63. The van der Waals surface area contributed by atoms with E-state index in [1.807, 2.05) is 0 Å². The van der Waals surface area contributed by atoms with E-state index in [0.717, 1.165) is 6.42 Å². The van der Waals surface area contributed by atoms with Gasteiger partial charge in [-0.1, -0.05) is 13.8 Å². The molecule has 0 aromatic carbocycles. The third-order valence-corrected chi connectivity index (χ3v) is 1.89. The topological polar surface area (TPSA) is 55.1 Å². The fourth-order valence-corrected chi connectivity index (χ4v) is 1.02. The minimum atomic E-state index is 0.0649. The highest BCUT2D eigenvalue weighted by Crippen LogP contribution is 2.03. The third kappa shape index (κ3) is 4.07. The fraction of sp³-hybridized carbons (Fsp3) is 0.600.